The molecule has 8 nitrogen and oxygen atoms in total. The Morgan fingerprint density at radius 1 is 1.40 bits per heavy atom. The van der Waals surface area contributed by atoms with E-state index in [1.807, 2.05) is 0 Å². The molecule has 0 atom stereocenters. The number of anilines is 1. The summed E-state index contributed by atoms with van der Waals surface area (Å²) in [4.78, 5) is 11.5. The molecule has 2 rings (SSSR count). The predicted octanol–water partition coefficient (Wildman–Crippen LogP) is 0.617. The summed E-state index contributed by atoms with van der Waals surface area (Å²) in [5.41, 5.74) is 1.32. The highest BCUT2D eigenvalue weighted by Gasteiger charge is 2.11. The lowest BCUT2D eigenvalue weighted by atomic mass is 10.1. The van der Waals surface area contributed by atoms with Crippen LogP contribution in [0.3, 0.4) is 0 Å². The molecule has 8 heteroatoms. The molecule has 0 amide bonds. The van der Waals surface area contributed by atoms with Gasteiger partial charge in [-0.25, -0.2) is 9.48 Å². The zero-order chi connectivity index (χ0) is 14.5. The van der Waals surface area contributed by atoms with Gasteiger partial charge in [-0.05, 0) is 22.6 Å². The van der Waals surface area contributed by atoms with E-state index in [1.165, 1.54) is 11.8 Å². The molecule has 2 aromatic rings. The summed E-state index contributed by atoms with van der Waals surface area (Å²) < 4.78 is 11.5. The molecule has 1 N–H and O–H groups in total. The van der Waals surface area contributed by atoms with E-state index in [9.17, 15) is 4.79 Å². The van der Waals surface area contributed by atoms with E-state index in [-0.39, 0.29) is 0 Å². The van der Waals surface area contributed by atoms with Crippen molar-refractivity contribution in [3.05, 3.63) is 29.3 Å². The number of aromatic nitrogens is 4. The first-order valence-electron chi connectivity index (χ1n) is 5.87. The third-order valence-electron chi connectivity index (χ3n) is 2.77. The topological polar surface area (TPSA) is 91.2 Å². The van der Waals surface area contributed by atoms with Crippen molar-refractivity contribution in [2.75, 3.05) is 19.5 Å². The number of esters is 1. The Labute approximate surface area is 115 Å². The monoisotopic (exact) mass is 277 g/mol. The maximum Gasteiger partial charge on any atom is 0.337 e. The minimum Gasteiger partial charge on any atom is -0.496 e. The molecule has 106 valence electrons. The van der Waals surface area contributed by atoms with Crippen molar-refractivity contribution in [1.29, 1.82) is 0 Å². The summed E-state index contributed by atoms with van der Waals surface area (Å²) in [6, 6.07) is 5.11. The molecule has 0 saturated heterocycles. The Balaban J connectivity index is 2.15. The van der Waals surface area contributed by atoms with Crippen molar-refractivity contribution in [2.45, 2.75) is 6.54 Å². The van der Waals surface area contributed by atoms with Gasteiger partial charge in [-0.1, -0.05) is 11.2 Å². The first-order chi connectivity index (χ1) is 9.65. The highest BCUT2D eigenvalue weighted by atomic mass is 16.5. The van der Waals surface area contributed by atoms with Gasteiger partial charge in [0, 0.05) is 19.2 Å². The van der Waals surface area contributed by atoms with Gasteiger partial charge in [0.2, 0.25) is 5.95 Å². The standard InChI is InChI=1S/C12H15N5O3/c1-17-12(14-15-16-17)13-7-9-5-4-8(11(18)20-3)6-10(9)19-2/h4-6H,7H2,1-3H3,(H,13,14,16). The van der Waals surface area contributed by atoms with E-state index >= 15 is 0 Å². The van der Waals surface area contributed by atoms with E-state index in [0.29, 0.717) is 23.8 Å². The fourth-order valence-corrected chi connectivity index (χ4v) is 1.69. The molecule has 0 aliphatic heterocycles. The van der Waals surface area contributed by atoms with Crippen LogP contribution in [0.25, 0.3) is 0 Å². The molecular formula is C12H15N5O3. The Morgan fingerprint density at radius 2 is 2.20 bits per heavy atom. The number of carbonyl (C=O) groups excluding carboxylic acids is 1. The van der Waals surface area contributed by atoms with Crippen molar-refractivity contribution in [1.82, 2.24) is 20.2 Å². The van der Waals surface area contributed by atoms with E-state index in [0.717, 1.165) is 5.56 Å². The largest absolute Gasteiger partial charge is 0.496 e. The van der Waals surface area contributed by atoms with Crippen LogP contribution in [0.4, 0.5) is 5.95 Å². The lowest BCUT2D eigenvalue weighted by molar-refractivity contribution is 0.0600. The third-order valence-corrected chi connectivity index (χ3v) is 2.77. The fourth-order valence-electron chi connectivity index (χ4n) is 1.69. The number of carbonyl (C=O) groups is 1. The highest BCUT2D eigenvalue weighted by Crippen LogP contribution is 2.21. The smallest absolute Gasteiger partial charge is 0.337 e. The van der Waals surface area contributed by atoms with Gasteiger partial charge in [0.15, 0.2) is 0 Å². The third kappa shape index (κ3) is 2.85. The van der Waals surface area contributed by atoms with Gasteiger partial charge in [0.1, 0.15) is 5.75 Å². The molecular weight excluding hydrogens is 262 g/mol. The van der Waals surface area contributed by atoms with Crippen LogP contribution in [0.5, 0.6) is 5.75 Å². The Morgan fingerprint density at radius 3 is 2.80 bits per heavy atom. The van der Waals surface area contributed by atoms with Gasteiger partial charge in [-0.2, -0.15) is 0 Å². The normalized spacial score (nSPS) is 10.2. The second kappa shape index (κ2) is 6.00. The Bertz CT molecular complexity index is 611. The van der Waals surface area contributed by atoms with E-state index in [4.69, 9.17) is 4.74 Å². The number of tetrazole rings is 1. The SMILES string of the molecule is COC(=O)c1ccc(CNc2nnnn2C)c(OC)c1. The van der Waals surface area contributed by atoms with Crippen LogP contribution in [0.2, 0.25) is 0 Å². The molecule has 1 heterocycles. The molecule has 0 aliphatic carbocycles. The number of benzene rings is 1. The average Bonchev–Trinajstić information content (AvgIpc) is 2.89. The average molecular weight is 277 g/mol. The van der Waals surface area contributed by atoms with E-state index in [2.05, 4.69) is 25.6 Å². The minimum atomic E-state index is -0.402. The summed E-state index contributed by atoms with van der Waals surface area (Å²) in [6.07, 6.45) is 0. The van der Waals surface area contributed by atoms with Gasteiger partial charge in [-0.15, -0.1) is 0 Å². The van der Waals surface area contributed by atoms with E-state index < -0.39 is 5.97 Å². The molecule has 0 radical (unpaired) electrons. The second-order valence-electron chi connectivity index (χ2n) is 4.00. The molecule has 0 fully saturated rings. The summed E-state index contributed by atoms with van der Waals surface area (Å²) in [5, 5.41) is 14.2. The van der Waals surface area contributed by atoms with Crippen LogP contribution in [0.1, 0.15) is 15.9 Å². The predicted molar refractivity (Wildman–Crippen MR) is 70.5 cm³/mol. The molecule has 1 aromatic heterocycles. The number of aryl methyl sites for hydroxylation is 1. The summed E-state index contributed by atoms with van der Waals surface area (Å²) >= 11 is 0. The quantitative estimate of drug-likeness (QED) is 0.801. The van der Waals surface area contributed by atoms with Crippen LogP contribution in [-0.4, -0.2) is 40.4 Å². The number of methoxy groups -OCH3 is 2. The van der Waals surface area contributed by atoms with Crippen molar-refractivity contribution < 1.29 is 14.3 Å². The zero-order valence-corrected chi connectivity index (χ0v) is 11.5. The van der Waals surface area contributed by atoms with E-state index in [1.54, 1.807) is 32.4 Å². The van der Waals surface area contributed by atoms with Crippen molar-refractivity contribution in [3.8, 4) is 5.75 Å². The number of ether oxygens (including phenoxy) is 2. The first-order valence-corrected chi connectivity index (χ1v) is 5.87. The highest BCUT2D eigenvalue weighted by molar-refractivity contribution is 5.89. The maximum atomic E-state index is 11.5. The molecule has 1 aromatic carbocycles. The summed E-state index contributed by atoms with van der Waals surface area (Å²) in [7, 11) is 4.62. The van der Waals surface area contributed by atoms with Crippen molar-refractivity contribution in [2.24, 2.45) is 7.05 Å². The molecule has 0 aliphatic rings. The summed E-state index contributed by atoms with van der Waals surface area (Å²) in [6.45, 7) is 0.471. The number of nitrogens with zero attached hydrogens (tertiary/aromatic N) is 4. The lowest BCUT2D eigenvalue weighted by Gasteiger charge is -2.10. The molecule has 0 unspecified atom stereocenters. The van der Waals surface area contributed by atoms with Gasteiger partial charge in [0.05, 0.1) is 19.8 Å². The van der Waals surface area contributed by atoms with Crippen molar-refractivity contribution in [3.63, 3.8) is 0 Å². The second-order valence-corrected chi connectivity index (χ2v) is 4.00. The van der Waals surface area contributed by atoms with Gasteiger partial charge >= 0.3 is 5.97 Å². The fraction of sp³-hybridized carbons (Fsp3) is 0.333. The maximum absolute atomic E-state index is 11.5. The van der Waals surface area contributed by atoms with Crippen LogP contribution in [0.15, 0.2) is 18.2 Å². The molecule has 0 bridgehead atoms. The molecule has 20 heavy (non-hydrogen) atoms. The Kier molecular flexibility index (Phi) is 4.14. The molecule has 0 spiro atoms. The lowest BCUT2D eigenvalue weighted by Crippen LogP contribution is -2.08. The van der Waals surface area contributed by atoms with Gasteiger partial charge < -0.3 is 14.8 Å². The van der Waals surface area contributed by atoms with Crippen LogP contribution < -0.4 is 10.1 Å². The zero-order valence-electron chi connectivity index (χ0n) is 11.5. The number of nitrogens with one attached hydrogen (secondary N) is 1. The number of hydrogen-bond donors (Lipinski definition) is 1. The van der Waals surface area contributed by atoms with Crippen LogP contribution in [0, 0.1) is 0 Å². The van der Waals surface area contributed by atoms with Crippen molar-refractivity contribution >= 4 is 11.9 Å². The number of hydrogen-bond acceptors (Lipinski definition) is 7. The van der Waals surface area contributed by atoms with Gasteiger partial charge in [-0.3, -0.25) is 0 Å². The van der Waals surface area contributed by atoms with Crippen LogP contribution >= 0.6 is 0 Å². The Hall–Kier alpha value is -2.64. The number of rotatable bonds is 5. The van der Waals surface area contributed by atoms with Crippen LogP contribution in [-0.2, 0) is 18.3 Å². The first kappa shape index (κ1) is 13.8. The summed E-state index contributed by atoms with van der Waals surface area (Å²) in [5.74, 6) is 0.736. The van der Waals surface area contributed by atoms with Gasteiger partial charge in [0.25, 0.3) is 0 Å². The minimum absolute atomic E-state index is 0.402. The molecule has 0 saturated carbocycles.